The van der Waals surface area contributed by atoms with Gasteiger partial charge in [0.1, 0.15) is 5.82 Å². The molecular formula is C15H14Br2FN. The predicted octanol–water partition coefficient (Wildman–Crippen LogP) is 4.97. The van der Waals surface area contributed by atoms with Crippen LogP contribution in [0.5, 0.6) is 0 Å². The van der Waals surface area contributed by atoms with Crippen molar-refractivity contribution >= 4 is 31.9 Å². The third-order valence-electron chi connectivity index (χ3n) is 3.11. The summed E-state index contributed by atoms with van der Waals surface area (Å²) in [6, 6.07) is 11.3. The van der Waals surface area contributed by atoms with Gasteiger partial charge in [-0.2, -0.15) is 0 Å². The lowest BCUT2D eigenvalue weighted by Crippen LogP contribution is -2.18. The van der Waals surface area contributed by atoms with E-state index in [9.17, 15) is 4.39 Å². The second kappa shape index (κ2) is 6.16. The highest BCUT2D eigenvalue weighted by molar-refractivity contribution is 9.10. The maximum Gasteiger partial charge on any atom is 0.137 e. The molecule has 2 aromatic carbocycles. The van der Waals surface area contributed by atoms with E-state index in [1.54, 1.807) is 0 Å². The van der Waals surface area contributed by atoms with E-state index in [1.807, 2.05) is 25.2 Å². The summed E-state index contributed by atoms with van der Waals surface area (Å²) in [5, 5.41) is 3.28. The van der Waals surface area contributed by atoms with E-state index in [0.717, 1.165) is 10.0 Å². The normalized spacial score (nSPS) is 12.5. The Morgan fingerprint density at radius 1 is 1.11 bits per heavy atom. The van der Waals surface area contributed by atoms with Crippen LogP contribution in [0, 0.1) is 12.7 Å². The fourth-order valence-electron chi connectivity index (χ4n) is 2.16. The molecule has 0 fully saturated rings. The van der Waals surface area contributed by atoms with E-state index in [1.165, 1.54) is 17.2 Å². The first-order valence-corrected chi connectivity index (χ1v) is 7.50. The van der Waals surface area contributed by atoms with Crippen molar-refractivity contribution in [2.24, 2.45) is 0 Å². The molecule has 1 atom stereocenters. The molecular weight excluding hydrogens is 373 g/mol. The lowest BCUT2D eigenvalue weighted by Gasteiger charge is -2.20. The molecule has 0 aliphatic rings. The van der Waals surface area contributed by atoms with Crippen LogP contribution in [0.1, 0.15) is 22.7 Å². The minimum atomic E-state index is -0.244. The van der Waals surface area contributed by atoms with E-state index in [4.69, 9.17) is 0 Å². The Morgan fingerprint density at radius 2 is 1.84 bits per heavy atom. The Kier molecular flexibility index (Phi) is 4.76. The van der Waals surface area contributed by atoms with Crippen LogP contribution in [0.2, 0.25) is 0 Å². The number of halogens is 3. The van der Waals surface area contributed by atoms with Gasteiger partial charge in [-0.25, -0.2) is 4.39 Å². The number of rotatable bonds is 3. The fraction of sp³-hybridized carbons (Fsp3) is 0.200. The van der Waals surface area contributed by atoms with Gasteiger partial charge in [0.2, 0.25) is 0 Å². The average Bonchev–Trinajstić information content (AvgIpc) is 2.37. The van der Waals surface area contributed by atoms with Gasteiger partial charge >= 0.3 is 0 Å². The number of hydrogen-bond donors (Lipinski definition) is 1. The molecule has 1 unspecified atom stereocenters. The first-order valence-electron chi connectivity index (χ1n) is 5.91. The number of benzene rings is 2. The molecule has 1 N–H and O–H groups in total. The molecule has 100 valence electrons. The molecule has 0 saturated carbocycles. The Hall–Kier alpha value is -0.710. The molecule has 0 radical (unpaired) electrons. The zero-order chi connectivity index (χ0) is 14.0. The Balaban J connectivity index is 2.46. The monoisotopic (exact) mass is 385 g/mol. The largest absolute Gasteiger partial charge is 0.309 e. The van der Waals surface area contributed by atoms with Gasteiger partial charge in [0, 0.05) is 4.47 Å². The van der Waals surface area contributed by atoms with E-state index in [0.29, 0.717) is 4.47 Å². The summed E-state index contributed by atoms with van der Waals surface area (Å²) in [4.78, 5) is 0. The van der Waals surface area contributed by atoms with Gasteiger partial charge in [0.15, 0.2) is 0 Å². The van der Waals surface area contributed by atoms with Crippen molar-refractivity contribution in [1.29, 1.82) is 0 Å². The van der Waals surface area contributed by atoms with Gasteiger partial charge in [-0.1, -0.05) is 28.1 Å². The smallest absolute Gasteiger partial charge is 0.137 e. The summed E-state index contributed by atoms with van der Waals surface area (Å²) in [7, 11) is 1.91. The van der Waals surface area contributed by atoms with Crippen molar-refractivity contribution in [3.63, 3.8) is 0 Å². The first kappa shape index (κ1) is 14.7. The summed E-state index contributed by atoms with van der Waals surface area (Å²) >= 11 is 6.70. The maximum atomic E-state index is 13.3. The lowest BCUT2D eigenvalue weighted by molar-refractivity contribution is 0.616. The van der Waals surface area contributed by atoms with Gasteiger partial charge in [-0.3, -0.25) is 0 Å². The van der Waals surface area contributed by atoms with Crippen LogP contribution in [-0.4, -0.2) is 7.05 Å². The second-order valence-corrected chi connectivity index (χ2v) is 6.17. The zero-order valence-corrected chi connectivity index (χ0v) is 13.8. The molecule has 1 nitrogen and oxygen atoms in total. The first-order chi connectivity index (χ1) is 9.02. The molecule has 0 aromatic heterocycles. The summed E-state index contributed by atoms with van der Waals surface area (Å²) in [6.45, 7) is 2.07. The van der Waals surface area contributed by atoms with E-state index >= 15 is 0 Å². The quantitative estimate of drug-likeness (QED) is 0.785. The van der Waals surface area contributed by atoms with Crippen LogP contribution in [-0.2, 0) is 0 Å². The van der Waals surface area contributed by atoms with Crippen LogP contribution in [0.3, 0.4) is 0 Å². The standard InChI is InChI=1S/C15H14Br2FN/c1-9-7-11(16)4-5-12(9)15(19-2)10-3-6-14(18)13(17)8-10/h3-8,15,19H,1-2H3. The van der Waals surface area contributed by atoms with Crippen LogP contribution in [0.4, 0.5) is 4.39 Å². The Morgan fingerprint density at radius 3 is 2.42 bits per heavy atom. The number of nitrogens with one attached hydrogen (secondary N) is 1. The molecule has 2 rings (SSSR count). The highest BCUT2D eigenvalue weighted by atomic mass is 79.9. The topological polar surface area (TPSA) is 12.0 Å². The van der Waals surface area contributed by atoms with Gasteiger partial charge in [0.05, 0.1) is 10.5 Å². The van der Waals surface area contributed by atoms with Crippen molar-refractivity contribution in [2.75, 3.05) is 7.05 Å². The van der Waals surface area contributed by atoms with Crippen molar-refractivity contribution in [3.05, 3.63) is 67.9 Å². The van der Waals surface area contributed by atoms with E-state index < -0.39 is 0 Å². The highest BCUT2D eigenvalue weighted by Crippen LogP contribution is 2.29. The highest BCUT2D eigenvalue weighted by Gasteiger charge is 2.15. The van der Waals surface area contributed by atoms with Gasteiger partial charge in [-0.15, -0.1) is 0 Å². The molecule has 0 spiro atoms. The van der Waals surface area contributed by atoms with E-state index in [-0.39, 0.29) is 11.9 Å². The van der Waals surface area contributed by atoms with Crippen molar-refractivity contribution in [1.82, 2.24) is 5.32 Å². The predicted molar refractivity (Wildman–Crippen MR) is 83.9 cm³/mol. The zero-order valence-electron chi connectivity index (χ0n) is 10.7. The fourth-order valence-corrected chi connectivity index (χ4v) is 3.03. The lowest BCUT2D eigenvalue weighted by atomic mass is 9.95. The van der Waals surface area contributed by atoms with Gasteiger partial charge in [0.25, 0.3) is 0 Å². The van der Waals surface area contributed by atoms with Gasteiger partial charge in [-0.05, 0) is 70.9 Å². The third-order valence-corrected chi connectivity index (χ3v) is 4.21. The van der Waals surface area contributed by atoms with Crippen molar-refractivity contribution < 1.29 is 4.39 Å². The third kappa shape index (κ3) is 3.25. The van der Waals surface area contributed by atoms with Crippen LogP contribution in [0.25, 0.3) is 0 Å². The summed E-state index contributed by atoms with van der Waals surface area (Å²) in [6.07, 6.45) is 0. The molecule has 0 aliphatic heterocycles. The van der Waals surface area contributed by atoms with Crippen LogP contribution < -0.4 is 5.32 Å². The average molecular weight is 387 g/mol. The maximum absolute atomic E-state index is 13.3. The summed E-state index contributed by atoms with van der Waals surface area (Å²) in [5.41, 5.74) is 3.40. The Labute approximate surface area is 129 Å². The number of aryl methyl sites for hydroxylation is 1. The molecule has 0 amide bonds. The molecule has 19 heavy (non-hydrogen) atoms. The second-order valence-electron chi connectivity index (χ2n) is 4.40. The summed E-state index contributed by atoms with van der Waals surface area (Å²) in [5.74, 6) is -0.244. The van der Waals surface area contributed by atoms with Crippen molar-refractivity contribution in [3.8, 4) is 0 Å². The summed E-state index contributed by atoms with van der Waals surface area (Å²) < 4.78 is 14.9. The van der Waals surface area contributed by atoms with Crippen LogP contribution >= 0.6 is 31.9 Å². The molecule has 4 heteroatoms. The SMILES string of the molecule is CNC(c1ccc(F)c(Br)c1)c1ccc(Br)cc1C. The van der Waals surface area contributed by atoms with E-state index in [2.05, 4.69) is 56.2 Å². The number of hydrogen-bond acceptors (Lipinski definition) is 1. The van der Waals surface area contributed by atoms with Gasteiger partial charge < -0.3 is 5.32 Å². The molecule has 0 aliphatic carbocycles. The molecule has 0 bridgehead atoms. The van der Waals surface area contributed by atoms with Crippen molar-refractivity contribution in [2.45, 2.75) is 13.0 Å². The molecule has 2 aromatic rings. The molecule has 0 saturated heterocycles. The Bertz CT molecular complexity index is 599. The van der Waals surface area contributed by atoms with Crippen LogP contribution in [0.15, 0.2) is 45.3 Å². The minimum absolute atomic E-state index is 0.0463. The molecule has 0 heterocycles. The minimum Gasteiger partial charge on any atom is -0.309 e.